The summed E-state index contributed by atoms with van der Waals surface area (Å²) in [4.78, 5) is 10.9. The van der Waals surface area contributed by atoms with Gasteiger partial charge >= 0.3 is 0 Å². The van der Waals surface area contributed by atoms with Crippen molar-refractivity contribution in [1.82, 2.24) is 0 Å². The van der Waals surface area contributed by atoms with Crippen molar-refractivity contribution in [3.63, 3.8) is 0 Å². The van der Waals surface area contributed by atoms with Crippen LogP contribution in [0.4, 0.5) is 5.69 Å². The van der Waals surface area contributed by atoms with Crippen molar-refractivity contribution in [3.05, 3.63) is 34.2 Å². The van der Waals surface area contributed by atoms with Gasteiger partial charge in [-0.15, -0.1) is 4.91 Å². The summed E-state index contributed by atoms with van der Waals surface area (Å²) in [6.07, 6.45) is -4.45. The third kappa shape index (κ3) is 3.97. The van der Waals surface area contributed by atoms with Crippen molar-refractivity contribution >= 4 is 5.69 Å². The predicted octanol–water partition coefficient (Wildman–Crippen LogP) is -0.134. The molecule has 7 heteroatoms. The van der Waals surface area contributed by atoms with Gasteiger partial charge in [0.05, 0.1) is 24.1 Å². The van der Waals surface area contributed by atoms with Crippen LogP contribution in [0.25, 0.3) is 0 Å². The van der Waals surface area contributed by atoms with Gasteiger partial charge in [0.25, 0.3) is 0 Å². The number of rotatable bonds is 7. The van der Waals surface area contributed by atoms with Crippen LogP contribution in [0.2, 0.25) is 0 Å². The molecule has 0 aliphatic heterocycles. The monoisotopic (exact) mass is 284 g/mol. The summed E-state index contributed by atoms with van der Waals surface area (Å²) in [6.45, 7) is 2.83. The fourth-order valence-electron chi connectivity index (χ4n) is 1.72. The summed E-state index contributed by atoms with van der Waals surface area (Å²) in [6, 6.07) is 5.22. The quantitative estimate of drug-likeness (QED) is 0.409. The molecular weight excluding hydrogens is 264 g/mol. The number of nitrogens with zero attached hydrogens (tertiary/aromatic N) is 2. The number of nitroso groups, excluding NO2 is 1. The zero-order chi connectivity index (χ0) is 15.3. The second-order valence-corrected chi connectivity index (χ2v) is 4.74. The topological polar surface area (TPSA) is 114 Å². The molecular formula is C13H20N2O5. The maximum Gasteiger partial charge on any atom is 0.110 e. The Hall–Kier alpha value is -1.54. The molecule has 0 aliphatic rings. The van der Waals surface area contributed by atoms with Gasteiger partial charge in [-0.25, -0.2) is 5.01 Å². The molecule has 3 atom stereocenters. The summed E-state index contributed by atoms with van der Waals surface area (Å²) in [7, 11) is 0. The molecule has 0 amide bonds. The number of hydrogen-bond acceptors (Lipinski definition) is 6. The lowest BCUT2D eigenvalue weighted by Crippen LogP contribution is -2.44. The first kappa shape index (κ1) is 16.5. The van der Waals surface area contributed by atoms with Gasteiger partial charge in [-0.2, -0.15) is 0 Å². The van der Waals surface area contributed by atoms with E-state index >= 15 is 0 Å². The molecule has 1 aromatic carbocycles. The zero-order valence-electron chi connectivity index (χ0n) is 11.5. The molecule has 20 heavy (non-hydrogen) atoms. The average molecular weight is 284 g/mol. The van der Waals surface area contributed by atoms with Gasteiger partial charge in [-0.05, 0) is 37.1 Å². The fraction of sp³-hybridized carbons (Fsp3) is 0.538. The van der Waals surface area contributed by atoms with Crippen molar-refractivity contribution < 1.29 is 20.4 Å². The first-order chi connectivity index (χ1) is 9.40. The Morgan fingerprint density at radius 1 is 1.15 bits per heavy atom. The van der Waals surface area contributed by atoms with E-state index in [4.69, 9.17) is 5.11 Å². The molecule has 0 aliphatic carbocycles. The van der Waals surface area contributed by atoms with E-state index in [-0.39, 0.29) is 6.54 Å². The van der Waals surface area contributed by atoms with E-state index in [1.54, 1.807) is 12.1 Å². The zero-order valence-corrected chi connectivity index (χ0v) is 11.5. The molecule has 0 saturated carbocycles. The van der Waals surface area contributed by atoms with E-state index < -0.39 is 24.9 Å². The van der Waals surface area contributed by atoms with Crippen LogP contribution in [0.5, 0.6) is 0 Å². The van der Waals surface area contributed by atoms with Gasteiger partial charge in [0.2, 0.25) is 0 Å². The van der Waals surface area contributed by atoms with Crippen molar-refractivity contribution in [2.24, 2.45) is 5.29 Å². The Morgan fingerprint density at radius 3 is 2.30 bits per heavy atom. The van der Waals surface area contributed by atoms with Gasteiger partial charge in [0, 0.05) is 0 Å². The van der Waals surface area contributed by atoms with Gasteiger partial charge in [-0.1, -0.05) is 6.07 Å². The minimum Gasteiger partial charge on any atom is -0.394 e. The highest BCUT2D eigenvalue weighted by Crippen LogP contribution is 2.20. The van der Waals surface area contributed by atoms with Crippen molar-refractivity contribution in [2.75, 3.05) is 18.2 Å². The number of hydrogen-bond donors (Lipinski definition) is 4. The Kier molecular flexibility index (Phi) is 6.03. The first-order valence-corrected chi connectivity index (χ1v) is 6.23. The molecule has 4 N–H and O–H groups in total. The van der Waals surface area contributed by atoms with Crippen LogP contribution in [-0.2, 0) is 0 Å². The lowest BCUT2D eigenvalue weighted by atomic mass is 10.1. The maximum absolute atomic E-state index is 10.9. The fourth-order valence-corrected chi connectivity index (χ4v) is 1.72. The minimum atomic E-state index is -1.56. The highest BCUT2D eigenvalue weighted by atomic mass is 16.4. The van der Waals surface area contributed by atoms with E-state index in [1.165, 1.54) is 0 Å². The van der Waals surface area contributed by atoms with E-state index in [0.29, 0.717) is 5.69 Å². The van der Waals surface area contributed by atoms with E-state index in [2.05, 4.69) is 5.29 Å². The summed E-state index contributed by atoms with van der Waals surface area (Å²) in [5.41, 5.74) is 2.49. The van der Waals surface area contributed by atoms with Crippen molar-refractivity contribution in [1.29, 1.82) is 0 Å². The average Bonchev–Trinajstić information content (AvgIpc) is 2.45. The molecule has 1 rings (SSSR count). The summed E-state index contributed by atoms with van der Waals surface area (Å²) in [5.74, 6) is 0. The molecule has 0 aromatic heterocycles. The Morgan fingerprint density at radius 2 is 1.80 bits per heavy atom. The molecule has 0 unspecified atom stereocenters. The van der Waals surface area contributed by atoms with Crippen molar-refractivity contribution in [3.8, 4) is 0 Å². The molecule has 0 radical (unpaired) electrons. The minimum absolute atomic E-state index is 0.287. The molecule has 112 valence electrons. The third-order valence-electron chi connectivity index (χ3n) is 3.22. The first-order valence-electron chi connectivity index (χ1n) is 6.23. The normalized spacial score (nSPS) is 15.5. The molecule has 0 bridgehead atoms. The van der Waals surface area contributed by atoms with Gasteiger partial charge < -0.3 is 20.4 Å². The van der Waals surface area contributed by atoms with E-state index in [9.17, 15) is 20.2 Å². The van der Waals surface area contributed by atoms with Crippen LogP contribution in [0, 0.1) is 18.8 Å². The standard InChI is InChI=1S/C13H20N2O5/c1-8-3-4-10(5-9(8)2)15(14-20)6-11(17)13(19)12(18)7-16/h3-5,11-13,16-19H,6-7H2,1-2H3/t11-,12+,13+/m0/s1. The smallest absolute Gasteiger partial charge is 0.110 e. The lowest BCUT2D eigenvalue weighted by molar-refractivity contribution is -0.0731. The molecule has 1 aromatic rings. The van der Waals surface area contributed by atoms with Crippen LogP contribution in [-0.4, -0.2) is 51.9 Å². The third-order valence-corrected chi connectivity index (χ3v) is 3.22. The molecule has 0 heterocycles. The second-order valence-electron chi connectivity index (χ2n) is 4.74. The summed E-state index contributed by atoms with van der Waals surface area (Å²) in [5, 5.41) is 41.0. The van der Waals surface area contributed by atoms with Crippen molar-refractivity contribution in [2.45, 2.75) is 32.2 Å². The molecule has 0 fully saturated rings. The van der Waals surface area contributed by atoms with Crippen LogP contribution in [0.3, 0.4) is 0 Å². The molecule has 7 nitrogen and oxygen atoms in total. The number of anilines is 1. The Bertz CT molecular complexity index is 454. The molecule has 0 saturated heterocycles. The number of aliphatic hydroxyl groups excluding tert-OH is 4. The van der Waals surface area contributed by atoms with E-state index in [1.807, 2.05) is 19.9 Å². The number of aryl methyl sites for hydroxylation is 2. The summed E-state index contributed by atoms with van der Waals surface area (Å²) >= 11 is 0. The second kappa shape index (κ2) is 7.30. The Labute approximate surface area is 117 Å². The number of benzene rings is 1. The maximum atomic E-state index is 10.9. The highest BCUT2D eigenvalue weighted by Gasteiger charge is 2.26. The largest absolute Gasteiger partial charge is 0.394 e. The summed E-state index contributed by atoms with van der Waals surface area (Å²) < 4.78 is 0. The van der Waals surface area contributed by atoms with Crippen LogP contribution < -0.4 is 5.01 Å². The van der Waals surface area contributed by atoms with Crippen LogP contribution in [0.1, 0.15) is 11.1 Å². The van der Waals surface area contributed by atoms with Crippen LogP contribution >= 0.6 is 0 Å². The van der Waals surface area contributed by atoms with Gasteiger partial charge in [-0.3, -0.25) is 0 Å². The van der Waals surface area contributed by atoms with Crippen LogP contribution in [0.15, 0.2) is 23.5 Å². The SMILES string of the molecule is Cc1ccc(N(C[C@H](O)[C@@H](O)[C@H](O)CO)N=O)cc1C. The van der Waals surface area contributed by atoms with Gasteiger partial charge in [0.1, 0.15) is 18.3 Å². The molecule has 0 spiro atoms. The van der Waals surface area contributed by atoms with E-state index in [0.717, 1.165) is 16.1 Å². The highest BCUT2D eigenvalue weighted by molar-refractivity contribution is 5.50. The number of aliphatic hydroxyl groups is 4. The Balaban J connectivity index is 2.81. The van der Waals surface area contributed by atoms with Gasteiger partial charge in [0.15, 0.2) is 0 Å². The predicted molar refractivity (Wildman–Crippen MR) is 74.2 cm³/mol. The lowest BCUT2D eigenvalue weighted by Gasteiger charge is -2.25.